The predicted molar refractivity (Wildman–Crippen MR) is 101 cm³/mol. The van der Waals surface area contributed by atoms with E-state index >= 15 is 0 Å². The molecule has 140 valence electrons. The molecule has 3 aromatic heterocycles. The highest BCUT2D eigenvalue weighted by molar-refractivity contribution is 5.93. The Hall–Kier alpha value is -2.87. The van der Waals surface area contributed by atoms with Gasteiger partial charge in [-0.2, -0.15) is 5.10 Å². The highest BCUT2D eigenvalue weighted by Crippen LogP contribution is 2.30. The quantitative estimate of drug-likeness (QED) is 0.735. The number of hydrogen-bond donors (Lipinski definition) is 2. The molecule has 3 aromatic rings. The molecule has 0 aromatic carbocycles. The number of aromatic nitrogens is 4. The average molecular weight is 366 g/mol. The minimum absolute atomic E-state index is 0.0476. The Bertz CT molecular complexity index is 936. The second-order valence-corrected chi connectivity index (χ2v) is 7.14. The van der Waals surface area contributed by atoms with Crippen LogP contribution in [0.1, 0.15) is 6.42 Å². The van der Waals surface area contributed by atoms with Gasteiger partial charge in [0, 0.05) is 61.8 Å². The topological polar surface area (TPSA) is 90.1 Å². The smallest absolute Gasteiger partial charge is 0.228 e. The first-order chi connectivity index (χ1) is 13.3. The first kappa shape index (κ1) is 16.3. The number of ether oxygens (including phenoxy) is 1. The van der Waals surface area contributed by atoms with Crippen LogP contribution in [0.25, 0.3) is 22.3 Å². The Morgan fingerprint density at radius 1 is 1.26 bits per heavy atom. The van der Waals surface area contributed by atoms with Crippen LogP contribution in [0.2, 0.25) is 0 Å². The molecule has 2 fully saturated rings. The van der Waals surface area contributed by atoms with Gasteiger partial charge >= 0.3 is 0 Å². The van der Waals surface area contributed by atoms with Gasteiger partial charge in [0.1, 0.15) is 5.65 Å². The predicted octanol–water partition coefficient (Wildman–Crippen LogP) is 1.64. The van der Waals surface area contributed by atoms with E-state index in [1.165, 1.54) is 0 Å². The minimum atomic E-state index is 0.0476. The van der Waals surface area contributed by atoms with Crippen molar-refractivity contribution < 1.29 is 9.53 Å². The van der Waals surface area contributed by atoms with Crippen molar-refractivity contribution >= 4 is 22.6 Å². The number of carbonyl (C=O) groups excluding carboxylic acids is 1. The summed E-state index contributed by atoms with van der Waals surface area (Å²) < 4.78 is 5.37. The van der Waals surface area contributed by atoms with Crippen LogP contribution in [-0.2, 0) is 9.53 Å². The Morgan fingerprint density at radius 2 is 2.15 bits per heavy atom. The van der Waals surface area contributed by atoms with Crippen LogP contribution in [0, 0.1) is 5.92 Å². The van der Waals surface area contributed by atoms with E-state index in [1.807, 2.05) is 17.3 Å². The molecular weight excluding hydrogens is 344 g/mol. The normalized spacial score (nSPS) is 20.5. The van der Waals surface area contributed by atoms with E-state index in [0.29, 0.717) is 13.2 Å². The molecule has 0 saturated carbocycles. The molecule has 2 aliphatic heterocycles. The fourth-order valence-corrected chi connectivity index (χ4v) is 4.00. The van der Waals surface area contributed by atoms with Crippen molar-refractivity contribution in [1.29, 1.82) is 0 Å². The van der Waals surface area contributed by atoms with Crippen molar-refractivity contribution in [2.24, 2.45) is 5.92 Å². The Kier molecular flexibility index (Phi) is 4.05. The molecule has 2 aliphatic rings. The molecule has 0 unspecified atom stereocenters. The molecule has 0 radical (unpaired) electrons. The molecule has 0 aliphatic carbocycles. The van der Waals surface area contributed by atoms with Crippen molar-refractivity contribution in [3.63, 3.8) is 0 Å². The summed E-state index contributed by atoms with van der Waals surface area (Å²) >= 11 is 0. The van der Waals surface area contributed by atoms with Crippen LogP contribution >= 0.6 is 0 Å². The molecule has 2 N–H and O–H groups in total. The van der Waals surface area contributed by atoms with Gasteiger partial charge in [0.15, 0.2) is 0 Å². The molecule has 0 bridgehead atoms. The number of H-pyrrole nitrogens is 2. The summed E-state index contributed by atoms with van der Waals surface area (Å²) in [5.74, 6) is 0.294. The van der Waals surface area contributed by atoms with Crippen molar-refractivity contribution in [1.82, 2.24) is 25.1 Å². The zero-order valence-corrected chi connectivity index (χ0v) is 15.0. The number of aromatic amines is 2. The maximum atomic E-state index is 12.6. The number of pyridine rings is 1. The lowest BCUT2D eigenvalue weighted by Crippen LogP contribution is -2.50. The minimum Gasteiger partial charge on any atom is -0.381 e. The third-order valence-electron chi connectivity index (χ3n) is 5.53. The molecule has 0 spiro atoms. The third-order valence-corrected chi connectivity index (χ3v) is 5.53. The Labute approximate surface area is 156 Å². The van der Waals surface area contributed by atoms with Crippen LogP contribution in [0.5, 0.6) is 0 Å². The monoisotopic (exact) mass is 366 g/mol. The number of rotatable bonds is 3. The number of piperazine rings is 1. The molecule has 27 heavy (non-hydrogen) atoms. The lowest BCUT2D eigenvalue weighted by Gasteiger charge is -2.37. The first-order valence-electron chi connectivity index (χ1n) is 9.38. The molecular formula is C19H22N6O2. The molecule has 8 heteroatoms. The van der Waals surface area contributed by atoms with Crippen LogP contribution in [0.15, 0.2) is 30.7 Å². The first-order valence-corrected chi connectivity index (χ1v) is 9.38. The molecule has 2 saturated heterocycles. The van der Waals surface area contributed by atoms with Crippen LogP contribution < -0.4 is 4.90 Å². The van der Waals surface area contributed by atoms with Gasteiger partial charge in [-0.15, -0.1) is 0 Å². The van der Waals surface area contributed by atoms with Gasteiger partial charge in [0.2, 0.25) is 5.91 Å². The van der Waals surface area contributed by atoms with E-state index in [0.717, 1.165) is 60.6 Å². The Balaban J connectivity index is 1.35. The SMILES string of the molecule is O=C([C@@H]1CCOC1)N1CCN(c2ccnc3[nH]c(-c4cn[nH]c4)cc23)CC1. The van der Waals surface area contributed by atoms with Crippen LogP contribution in [-0.4, -0.2) is 70.4 Å². The molecule has 1 amide bonds. The number of amides is 1. The zero-order chi connectivity index (χ0) is 18.2. The highest BCUT2D eigenvalue weighted by Gasteiger charge is 2.30. The zero-order valence-electron chi connectivity index (χ0n) is 15.0. The average Bonchev–Trinajstić information content (AvgIpc) is 3.48. The van der Waals surface area contributed by atoms with Crippen LogP contribution in [0.3, 0.4) is 0 Å². The van der Waals surface area contributed by atoms with E-state index in [1.54, 1.807) is 6.20 Å². The van der Waals surface area contributed by atoms with Crippen molar-refractivity contribution in [2.75, 3.05) is 44.3 Å². The standard InChI is InChI=1S/C19H22N6O2/c26-19(13-2-8-27-12-13)25-6-4-24(5-7-25)17-1-3-20-18-15(17)9-16(23-18)14-10-21-22-11-14/h1,3,9-11,13H,2,4-8,12H2,(H,20,23)(H,21,22)/t13-/m1/s1. The molecule has 5 rings (SSSR count). The van der Waals surface area contributed by atoms with Gasteiger partial charge in [0.25, 0.3) is 0 Å². The number of anilines is 1. The van der Waals surface area contributed by atoms with E-state index in [9.17, 15) is 4.79 Å². The summed E-state index contributed by atoms with van der Waals surface area (Å²) in [5.41, 5.74) is 4.02. The number of carbonyl (C=O) groups is 1. The van der Waals surface area contributed by atoms with Gasteiger partial charge in [-0.25, -0.2) is 4.98 Å². The molecule has 1 atom stereocenters. The maximum Gasteiger partial charge on any atom is 0.228 e. The van der Waals surface area contributed by atoms with Gasteiger partial charge in [-0.3, -0.25) is 9.89 Å². The van der Waals surface area contributed by atoms with Gasteiger partial charge in [-0.05, 0) is 18.6 Å². The number of fused-ring (bicyclic) bond motifs is 1. The third kappa shape index (κ3) is 2.95. The summed E-state index contributed by atoms with van der Waals surface area (Å²) in [6.07, 6.45) is 6.34. The molecule has 5 heterocycles. The fraction of sp³-hybridized carbons (Fsp3) is 0.421. The lowest BCUT2D eigenvalue weighted by molar-refractivity contribution is -0.135. The van der Waals surface area contributed by atoms with E-state index in [-0.39, 0.29) is 11.8 Å². The number of nitrogens with one attached hydrogen (secondary N) is 2. The Morgan fingerprint density at radius 3 is 2.89 bits per heavy atom. The summed E-state index contributed by atoms with van der Waals surface area (Å²) in [5, 5.41) is 7.95. The van der Waals surface area contributed by atoms with Gasteiger partial charge < -0.3 is 19.5 Å². The largest absolute Gasteiger partial charge is 0.381 e. The van der Waals surface area contributed by atoms with Crippen molar-refractivity contribution in [3.8, 4) is 11.3 Å². The van der Waals surface area contributed by atoms with E-state index in [2.05, 4.69) is 37.2 Å². The molecule has 8 nitrogen and oxygen atoms in total. The second-order valence-electron chi connectivity index (χ2n) is 7.14. The summed E-state index contributed by atoms with van der Waals surface area (Å²) in [7, 11) is 0. The number of nitrogens with zero attached hydrogens (tertiary/aromatic N) is 4. The van der Waals surface area contributed by atoms with Gasteiger partial charge in [-0.1, -0.05) is 0 Å². The van der Waals surface area contributed by atoms with Crippen molar-refractivity contribution in [2.45, 2.75) is 6.42 Å². The maximum absolute atomic E-state index is 12.6. The lowest BCUT2D eigenvalue weighted by atomic mass is 10.1. The van der Waals surface area contributed by atoms with E-state index in [4.69, 9.17) is 4.74 Å². The summed E-state index contributed by atoms with van der Waals surface area (Å²) in [6.45, 7) is 4.42. The summed E-state index contributed by atoms with van der Waals surface area (Å²) in [6, 6.07) is 4.17. The van der Waals surface area contributed by atoms with Crippen molar-refractivity contribution in [3.05, 3.63) is 30.7 Å². The number of hydrogen-bond acceptors (Lipinski definition) is 5. The highest BCUT2D eigenvalue weighted by atomic mass is 16.5. The summed E-state index contributed by atoms with van der Waals surface area (Å²) in [4.78, 5) is 24.8. The van der Waals surface area contributed by atoms with Gasteiger partial charge in [0.05, 0.1) is 24.4 Å². The second kappa shape index (κ2) is 6.70. The van der Waals surface area contributed by atoms with Crippen LogP contribution in [0.4, 0.5) is 5.69 Å². The fourth-order valence-electron chi connectivity index (χ4n) is 4.00. The van der Waals surface area contributed by atoms with E-state index < -0.39 is 0 Å².